The van der Waals surface area contributed by atoms with Gasteiger partial charge in [0.1, 0.15) is 29.7 Å². The topological polar surface area (TPSA) is 99.2 Å². The molecule has 0 aromatic carbocycles. The van der Waals surface area contributed by atoms with E-state index in [1.165, 1.54) is 39.1 Å². The van der Waals surface area contributed by atoms with Gasteiger partial charge in [-0.1, -0.05) is 11.6 Å². The Bertz CT molecular complexity index is 1730. The Labute approximate surface area is 227 Å². The number of pyridine rings is 4. The van der Waals surface area contributed by atoms with Crippen molar-refractivity contribution in [1.29, 1.82) is 0 Å². The van der Waals surface area contributed by atoms with Gasteiger partial charge in [0.2, 0.25) is 0 Å². The van der Waals surface area contributed by atoms with E-state index in [9.17, 15) is 36.6 Å². The molecule has 0 fully saturated rings. The molecule has 0 saturated carbocycles. The summed E-state index contributed by atoms with van der Waals surface area (Å²) in [4.78, 5) is 33.5. The van der Waals surface area contributed by atoms with Crippen molar-refractivity contribution >= 4 is 11.6 Å². The van der Waals surface area contributed by atoms with Crippen LogP contribution >= 0.6 is 11.6 Å². The largest absolute Gasteiger partial charge is 0.487 e. The Morgan fingerprint density at radius 3 is 2.35 bits per heavy atom. The Kier molecular flexibility index (Phi) is 7.56. The lowest BCUT2D eigenvalue weighted by molar-refractivity contribution is -0.137. The Balaban J connectivity index is 1.82. The molecule has 0 spiro atoms. The summed E-state index contributed by atoms with van der Waals surface area (Å²) < 4.78 is 75.9. The van der Waals surface area contributed by atoms with E-state index in [0.29, 0.717) is 12.3 Å². The molecule has 0 aliphatic heterocycles. The number of aryl methyl sites for hydroxylation is 1. The van der Waals surface area contributed by atoms with Crippen LogP contribution in [0.3, 0.4) is 0 Å². The highest BCUT2D eigenvalue weighted by molar-refractivity contribution is 6.31. The van der Waals surface area contributed by atoms with Crippen LogP contribution in [-0.2, 0) is 18.4 Å². The van der Waals surface area contributed by atoms with Crippen molar-refractivity contribution < 1.29 is 31.8 Å². The first-order chi connectivity index (χ1) is 18.6. The highest BCUT2D eigenvalue weighted by Gasteiger charge is 2.36. The zero-order valence-electron chi connectivity index (χ0n) is 21.1. The lowest BCUT2D eigenvalue weighted by Gasteiger charge is -2.21. The van der Waals surface area contributed by atoms with E-state index in [4.69, 9.17) is 16.3 Å². The van der Waals surface area contributed by atoms with Crippen LogP contribution in [0.4, 0.5) is 22.0 Å². The fraction of sp³-hybridized carbons (Fsp3) is 0.231. The van der Waals surface area contributed by atoms with Crippen molar-refractivity contribution in [2.24, 2.45) is 0 Å². The third-order valence-electron chi connectivity index (χ3n) is 5.76. The molecular weight excluding hydrogens is 563 g/mol. The van der Waals surface area contributed by atoms with Gasteiger partial charge in [0.25, 0.3) is 11.1 Å². The first kappa shape index (κ1) is 28.9. The Morgan fingerprint density at radius 2 is 1.75 bits per heavy atom. The lowest BCUT2D eigenvalue weighted by atomic mass is 10.00. The first-order valence-corrected chi connectivity index (χ1v) is 11.8. The van der Waals surface area contributed by atoms with Crippen molar-refractivity contribution in [3.8, 4) is 17.3 Å². The van der Waals surface area contributed by atoms with Crippen molar-refractivity contribution in [3.63, 3.8) is 0 Å². The number of ether oxygens (including phenoxy) is 1. The van der Waals surface area contributed by atoms with E-state index >= 15 is 0 Å². The smallest absolute Gasteiger partial charge is 0.419 e. The van der Waals surface area contributed by atoms with Gasteiger partial charge in [-0.15, -0.1) is 0 Å². The summed E-state index contributed by atoms with van der Waals surface area (Å²) >= 11 is 6.08. The van der Waals surface area contributed by atoms with Crippen LogP contribution in [0.25, 0.3) is 11.5 Å². The molecule has 0 bridgehead atoms. The van der Waals surface area contributed by atoms with E-state index in [2.05, 4.69) is 9.97 Å². The van der Waals surface area contributed by atoms with Gasteiger partial charge in [-0.25, -0.2) is 13.8 Å². The fourth-order valence-corrected chi connectivity index (χ4v) is 4.35. The van der Waals surface area contributed by atoms with Crippen LogP contribution in [0, 0.1) is 18.6 Å². The number of hydrogen-bond donors (Lipinski definition) is 1. The molecule has 0 aliphatic rings. The van der Waals surface area contributed by atoms with E-state index in [1.807, 2.05) is 0 Å². The predicted octanol–water partition coefficient (Wildman–Crippen LogP) is 4.84. The van der Waals surface area contributed by atoms with Gasteiger partial charge in [-0.2, -0.15) is 13.2 Å². The SMILES string of the molecule is Cc1cc(OCc2ncc(F)cc2F)cc(=O)n1-c1cc(-n2ccc(Cl)c(C(C)(C)O)c2=O)ncc1C(F)(F)F. The maximum Gasteiger partial charge on any atom is 0.419 e. The summed E-state index contributed by atoms with van der Waals surface area (Å²) in [6, 6.07) is 4.90. The lowest BCUT2D eigenvalue weighted by Crippen LogP contribution is -2.32. The van der Waals surface area contributed by atoms with Crippen molar-refractivity contribution in [3.05, 3.63) is 109 Å². The molecule has 0 atom stereocenters. The third kappa shape index (κ3) is 5.75. The zero-order chi connectivity index (χ0) is 29.6. The maximum atomic E-state index is 14.0. The molecule has 210 valence electrons. The molecule has 4 aromatic rings. The average Bonchev–Trinajstić information content (AvgIpc) is 2.81. The summed E-state index contributed by atoms with van der Waals surface area (Å²) in [5, 5.41) is 10.3. The molecule has 4 heterocycles. The highest BCUT2D eigenvalue weighted by atomic mass is 35.5. The van der Waals surface area contributed by atoms with Crippen LogP contribution in [0.1, 0.15) is 36.4 Å². The van der Waals surface area contributed by atoms with E-state index in [1.54, 1.807) is 0 Å². The number of aromatic nitrogens is 4. The van der Waals surface area contributed by atoms with Crippen LogP contribution < -0.4 is 15.9 Å². The van der Waals surface area contributed by atoms with Gasteiger partial charge in [-0.3, -0.25) is 23.7 Å². The van der Waals surface area contributed by atoms with Gasteiger partial charge < -0.3 is 9.84 Å². The number of rotatable bonds is 6. The quantitative estimate of drug-likeness (QED) is 0.327. The Morgan fingerprint density at radius 1 is 1.05 bits per heavy atom. The predicted molar refractivity (Wildman–Crippen MR) is 134 cm³/mol. The minimum atomic E-state index is -4.93. The second kappa shape index (κ2) is 10.5. The van der Waals surface area contributed by atoms with E-state index < -0.39 is 52.4 Å². The van der Waals surface area contributed by atoms with E-state index in [-0.39, 0.29) is 33.5 Å². The summed E-state index contributed by atoms with van der Waals surface area (Å²) in [6.07, 6.45) is -2.50. The number of aliphatic hydroxyl groups is 1. The van der Waals surface area contributed by atoms with Crippen LogP contribution in [0.5, 0.6) is 5.75 Å². The van der Waals surface area contributed by atoms with E-state index in [0.717, 1.165) is 27.5 Å². The second-order valence-electron chi connectivity index (χ2n) is 9.21. The Hall–Kier alpha value is -4.10. The van der Waals surface area contributed by atoms with Gasteiger partial charge in [0, 0.05) is 42.4 Å². The van der Waals surface area contributed by atoms with Crippen LogP contribution in [-0.4, -0.2) is 24.2 Å². The summed E-state index contributed by atoms with van der Waals surface area (Å²) in [7, 11) is 0. The summed E-state index contributed by atoms with van der Waals surface area (Å²) in [6.45, 7) is 3.49. The number of nitrogens with zero attached hydrogens (tertiary/aromatic N) is 4. The van der Waals surface area contributed by atoms with Crippen molar-refractivity contribution in [2.45, 2.75) is 39.2 Å². The minimum Gasteiger partial charge on any atom is -0.487 e. The number of hydrogen-bond acceptors (Lipinski definition) is 6. The third-order valence-corrected chi connectivity index (χ3v) is 6.08. The monoisotopic (exact) mass is 582 g/mol. The molecular formula is C26H20ClF5N4O4. The summed E-state index contributed by atoms with van der Waals surface area (Å²) in [5.41, 5.74) is -5.80. The minimum absolute atomic E-state index is 0.00155. The number of halogens is 6. The molecule has 0 aliphatic carbocycles. The molecule has 4 aromatic heterocycles. The van der Waals surface area contributed by atoms with Gasteiger partial charge in [0.05, 0.1) is 33.6 Å². The zero-order valence-corrected chi connectivity index (χ0v) is 21.8. The highest BCUT2D eigenvalue weighted by Crippen LogP contribution is 2.34. The van der Waals surface area contributed by atoms with Gasteiger partial charge in [-0.05, 0) is 26.8 Å². The molecule has 40 heavy (non-hydrogen) atoms. The first-order valence-electron chi connectivity index (χ1n) is 11.5. The molecule has 14 heteroatoms. The normalized spacial score (nSPS) is 12.1. The molecule has 0 radical (unpaired) electrons. The molecule has 0 saturated heterocycles. The summed E-state index contributed by atoms with van der Waals surface area (Å²) in [5.74, 6) is -2.25. The maximum absolute atomic E-state index is 14.0. The molecule has 8 nitrogen and oxygen atoms in total. The van der Waals surface area contributed by atoms with Crippen molar-refractivity contribution in [2.75, 3.05) is 0 Å². The molecule has 0 unspecified atom stereocenters. The van der Waals surface area contributed by atoms with Crippen LogP contribution in [0.2, 0.25) is 5.02 Å². The number of alkyl halides is 3. The second-order valence-corrected chi connectivity index (χ2v) is 9.61. The van der Waals surface area contributed by atoms with Gasteiger partial charge in [0.15, 0.2) is 5.82 Å². The van der Waals surface area contributed by atoms with Crippen LogP contribution in [0.15, 0.2) is 58.5 Å². The fourth-order valence-electron chi connectivity index (χ4n) is 3.98. The molecule has 0 amide bonds. The van der Waals surface area contributed by atoms with Crippen molar-refractivity contribution in [1.82, 2.24) is 19.1 Å². The molecule has 4 rings (SSSR count). The van der Waals surface area contributed by atoms with Gasteiger partial charge >= 0.3 is 6.18 Å². The molecule has 1 N–H and O–H groups in total. The average molecular weight is 583 g/mol. The standard InChI is InChI=1S/C26H20ClF5N4O4/c1-13-6-15(40-12-19-18(29)7-14(28)10-33-19)8-22(37)36(13)20-9-21(34-11-16(20)26(30,31)32)35-5-4-17(27)23(24(35)38)25(2,3)39/h4-11,39H,12H2,1-3H3.